The molecule has 1 saturated heterocycles. The van der Waals surface area contributed by atoms with Gasteiger partial charge in [0.05, 0.1) is 10.5 Å². The quantitative estimate of drug-likeness (QED) is 0.857. The Bertz CT molecular complexity index is 660. The van der Waals surface area contributed by atoms with Crippen molar-refractivity contribution in [3.05, 3.63) is 29.6 Å². The Morgan fingerprint density at radius 3 is 2.45 bits per heavy atom. The van der Waals surface area contributed by atoms with Crippen LogP contribution in [0.15, 0.2) is 23.1 Å². The predicted molar refractivity (Wildman–Crippen MR) is 69.9 cm³/mol. The van der Waals surface area contributed by atoms with Crippen molar-refractivity contribution in [2.75, 3.05) is 19.7 Å². The van der Waals surface area contributed by atoms with E-state index in [9.17, 15) is 26.0 Å². The third-order valence-corrected chi connectivity index (χ3v) is 5.72. The second-order valence-electron chi connectivity index (χ2n) is 5.38. The third-order valence-electron chi connectivity index (χ3n) is 3.83. The summed E-state index contributed by atoms with van der Waals surface area (Å²) in [5.41, 5.74) is -1.52. The first-order valence-corrected chi connectivity index (χ1v) is 7.99. The Kier molecular flexibility index (Phi) is 4.51. The molecule has 1 N–H and O–H groups in total. The maximum atomic E-state index is 13.1. The highest BCUT2D eigenvalue weighted by molar-refractivity contribution is 7.89. The summed E-state index contributed by atoms with van der Waals surface area (Å²) in [5, 5.41) is 9.16. The van der Waals surface area contributed by atoms with Crippen molar-refractivity contribution in [3.63, 3.8) is 0 Å². The van der Waals surface area contributed by atoms with Gasteiger partial charge in [-0.3, -0.25) is 0 Å². The molecule has 0 aliphatic carbocycles. The number of aliphatic hydroxyl groups is 1. The minimum Gasteiger partial charge on any atom is -0.396 e. The van der Waals surface area contributed by atoms with E-state index in [4.69, 9.17) is 5.11 Å². The zero-order chi connectivity index (χ0) is 16.7. The van der Waals surface area contributed by atoms with Crippen molar-refractivity contribution in [3.8, 4) is 0 Å². The zero-order valence-corrected chi connectivity index (χ0v) is 12.5. The summed E-state index contributed by atoms with van der Waals surface area (Å²) in [4.78, 5) is -0.966. The molecule has 1 aliphatic heterocycles. The third kappa shape index (κ3) is 3.11. The van der Waals surface area contributed by atoms with Crippen LogP contribution in [0.4, 0.5) is 17.6 Å². The molecule has 1 aromatic rings. The lowest BCUT2D eigenvalue weighted by Gasteiger charge is -2.19. The highest BCUT2D eigenvalue weighted by Crippen LogP contribution is 2.37. The summed E-state index contributed by atoms with van der Waals surface area (Å²) in [7, 11) is -4.41. The van der Waals surface area contributed by atoms with Gasteiger partial charge in [0.25, 0.3) is 0 Å². The molecule has 0 unspecified atom stereocenters. The topological polar surface area (TPSA) is 57.6 Å². The zero-order valence-electron chi connectivity index (χ0n) is 11.6. The molecule has 2 rings (SSSR count). The van der Waals surface area contributed by atoms with Crippen LogP contribution in [-0.4, -0.2) is 37.5 Å². The minimum absolute atomic E-state index is 0.0161. The van der Waals surface area contributed by atoms with Crippen LogP contribution in [0.25, 0.3) is 0 Å². The largest absolute Gasteiger partial charge is 0.417 e. The normalized spacial score (nSPS) is 23.9. The molecule has 0 spiro atoms. The van der Waals surface area contributed by atoms with Gasteiger partial charge in [0, 0.05) is 19.7 Å². The summed E-state index contributed by atoms with van der Waals surface area (Å²) >= 11 is 0. The number of hydrogen-bond acceptors (Lipinski definition) is 3. The molecule has 4 nitrogen and oxygen atoms in total. The van der Waals surface area contributed by atoms with Gasteiger partial charge in [-0.15, -0.1) is 0 Å². The van der Waals surface area contributed by atoms with Crippen LogP contribution in [0.1, 0.15) is 12.5 Å². The van der Waals surface area contributed by atoms with Crippen LogP contribution in [0.2, 0.25) is 0 Å². The van der Waals surface area contributed by atoms with E-state index in [0.717, 1.165) is 4.31 Å². The molecule has 1 fully saturated rings. The Labute approximate surface area is 125 Å². The lowest BCUT2D eigenvalue weighted by atomic mass is 10.00. The first-order valence-electron chi connectivity index (χ1n) is 6.55. The molecule has 1 heterocycles. The van der Waals surface area contributed by atoms with Gasteiger partial charge in [-0.25, -0.2) is 12.8 Å². The average molecular weight is 341 g/mol. The monoisotopic (exact) mass is 341 g/mol. The van der Waals surface area contributed by atoms with Gasteiger partial charge in [-0.2, -0.15) is 17.5 Å². The molecule has 1 aliphatic rings. The fourth-order valence-corrected chi connectivity index (χ4v) is 4.30. The molecule has 0 amide bonds. The van der Waals surface area contributed by atoms with Gasteiger partial charge < -0.3 is 5.11 Å². The molecule has 9 heteroatoms. The molecule has 0 radical (unpaired) electrons. The van der Waals surface area contributed by atoms with Crippen molar-refractivity contribution in [1.82, 2.24) is 4.31 Å². The van der Waals surface area contributed by atoms with Crippen LogP contribution < -0.4 is 0 Å². The minimum atomic E-state index is -4.98. The van der Waals surface area contributed by atoms with E-state index in [1.54, 1.807) is 6.92 Å². The number of halogens is 4. The van der Waals surface area contributed by atoms with Crippen LogP contribution in [-0.2, 0) is 16.2 Å². The molecule has 22 heavy (non-hydrogen) atoms. The molecule has 124 valence electrons. The number of hydrogen-bond donors (Lipinski definition) is 1. The van der Waals surface area contributed by atoms with Crippen LogP contribution >= 0.6 is 0 Å². The summed E-state index contributed by atoms with van der Waals surface area (Å²) in [6.07, 6.45) is -4.98. The van der Waals surface area contributed by atoms with Crippen molar-refractivity contribution in [1.29, 1.82) is 0 Å². The Morgan fingerprint density at radius 1 is 1.32 bits per heavy atom. The summed E-state index contributed by atoms with van der Waals surface area (Å²) in [6, 6.07) is 1.49. The first-order chi connectivity index (χ1) is 10.1. The van der Waals surface area contributed by atoms with Gasteiger partial charge in [-0.1, -0.05) is 6.92 Å². The molecule has 2 atom stereocenters. The van der Waals surface area contributed by atoms with E-state index in [2.05, 4.69) is 0 Å². The number of nitrogens with zero attached hydrogens (tertiary/aromatic N) is 1. The molecular formula is C13H15F4NO3S. The van der Waals surface area contributed by atoms with E-state index in [1.807, 2.05) is 0 Å². The lowest BCUT2D eigenvalue weighted by Crippen LogP contribution is -2.31. The molecule has 0 bridgehead atoms. The SMILES string of the molecule is C[C@@H]1CN(S(=O)(=O)c2ccc(F)cc2C(F)(F)F)C[C@H]1CO. The Morgan fingerprint density at radius 2 is 1.95 bits per heavy atom. The summed E-state index contributed by atoms with van der Waals surface area (Å²) in [5.74, 6) is -1.66. The van der Waals surface area contributed by atoms with Crippen molar-refractivity contribution in [2.45, 2.75) is 18.0 Å². The van der Waals surface area contributed by atoms with Gasteiger partial charge >= 0.3 is 6.18 Å². The summed E-state index contributed by atoms with van der Waals surface area (Å²) < 4.78 is 77.8. The Balaban J connectivity index is 2.47. The fourth-order valence-electron chi connectivity index (χ4n) is 2.51. The van der Waals surface area contributed by atoms with E-state index < -0.39 is 32.5 Å². The highest BCUT2D eigenvalue weighted by atomic mass is 32.2. The van der Waals surface area contributed by atoms with Gasteiger partial charge in [0.2, 0.25) is 10.0 Å². The van der Waals surface area contributed by atoms with Crippen LogP contribution in [0.3, 0.4) is 0 Å². The standard InChI is InChI=1S/C13H15F4NO3S/c1-8-5-18(6-9(8)7-19)22(20,21)12-3-2-10(14)4-11(12)13(15,16)17/h2-4,8-9,19H,5-7H2,1H3/t8-,9+/m1/s1. The van der Waals surface area contributed by atoms with Crippen LogP contribution in [0.5, 0.6) is 0 Å². The maximum Gasteiger partial charge on any atom is 0.417 e. The predicted octanol–water partition coefficient (Wildman–Crippen LogP) is 2.09. The average Bonchev–Trinajstić information content (AvgIpc) is 2.79. The number of rotatable bonds is 3. The Hall–Kier alpha value is -1.19. The molecule has 0 saturated carbocycles. The highest BCUT2D eigenvalue weighted by Gasteiger charge is 2.42. The second-order valence-corrected chi connectivity index (χ2v) is 7.29. The van der Waals surface area contributed by atoms with Crippen LogP contribution in [0, 0.1) is 17.7 Å². The fraction of sp³-hybridized carbons (Fsp3) is 0.538. The van der Waals surface area contributed by atoms with Crippen molar-refractivity contribution >= 4 is 10.0 Å². The molecule has 1 aromatic carbocycles. The summed E-state index contributed by atoms with van der Waals surface area (Å²) in [6.45, 7) is 1.42. The smallest absolute Gasteiger partial charge is 0.396 e. The van der Waals surface area contributed by atoms with E-state index in [-0.39, 0.29) is 37.6 Å². The number of aliphatic hydroxyl groups excluding tert-OH is 1. The number of benzene rings is 1. The van der Waals surface area contributed by atoms with Crippen molar-refractivity contribution in [2.24, 2.45) is 11.8 Å². The van der Waals surface area contributed by atoms with Gasteiger partial charge in [0.15, 0.2) is 0 Å². The van der Waals surface area contributed by atoms with Gasteiger partial charge in [-0.05, 0) is 30.0 Å². The molecule has 0 aromatic heterocycles. The van der Waals surface area contributed by atoms with Gasteiger partial charge in [0.1, 0.15) is 5.82 Å². The van der Waals surface area contributed by atoms with Crippen molar-refractivity contribution < 1.29 is 31.1 Å². The number of sulfonamides is 1. The molecular weight excluding hydrogens is 326 g/mol. The van der Waals surface area contributed by atoms with E-state index >= 15 is 0 Å². The van der Waals surface area contributed by atoms with E-state index in [0.29, 0.717) is 12.1 Å². The maximum absolute atomic E-state index is 13.1. The first kappa shape index (κ1) is 17.2. The lowest BCUT2D eigenvalue weighted by molar-refractivity contribution is -0.140. The van der Waals surface area contributed by atoms with E-state index in [1.165, 1.54) is 0 Å². The number of alkyl halides is 3. The second kappa shape index (κ2) is 5.78.